The predicted octanol–water partition coefficient (Wildman–Crippen LogP) is -1.84. The number of nitrogens with two attached hydrogens (primary N) is 1. The van der Waals surface area contributed by atoms with Crippen LogP contribution in [0.4, 0.5) is 0 Å². The lowest BCUT2D eigenvalue weighted by Gasteiger charge is -1.95. The van der Waals surface area contributed by atoms with Gasteiger partial charge in [-0.3, -0.25) is 0 Å². The highest BCUT2D eigenvalue weighted by molar-refractivity contribution is 5.49. The van der Waals surface area contributed by atoms with Crippen LogP contribution in [-0.4, -0.2) is 25.9 Å². The lowest BCUT2D eigenvalue weighted by Crippen LogP contribution is -2.84. The molecular weight excluding hydrogens is 128 g/mol. The van der Waals surface area contributed by atoms with Crippen LogP contribution < -0.4 is 11.1 Å². The van der Waals surface area contributed by atoms with Crippen molar-refractivity contribution in [3.63, 3.8) is 0 Å². The van der Waals surface area contributed by atoms with Gasteiger partial charge in [0.2, 0.25) is 0 Å². The average Bonchev–Trinajstić information content (AvgIpc) is 1.97. The van der Waals surface area contributed by atoms with E-state index in [1.54, 1.807) is 0 Å². The topological polar surface area (TPSA) is 61.3 Å². The Hall–Kier alpha value is -0.410. The van der Waals surface area contributed by atoms with Gasteiger partial charge in [0.15, 0.2) is 0 Å². The monoisotopic (exact) mass is 146 g/mol. The van der Waals surface area contributed by atoms with E-state index in [4.69, 9.17) is 0 Å². The Labute approximate surface area is 62.0 Å². The minimum Gasteiger partial charge on any atom is -0.358 e. The SMILES string of the molecule is [NH3+]CCCC[NH2+]CCC=O. The van der Waals surface area contributed by atoms with Crippen molar-refractivity contribution in [2.24, 2.45) is 0 Å². The van der Waals surface area contributed by atoms with Gasteiger partial charge in [0.1, 0.15) is 6.29 Å². The fourth-order valence-electron chi connectivity index (χ4n) is 0.796. The van der Waals surface area contributed by atoms with Crippen LogP contribution in [0.1, 0.15) is 19.3 Å². The van der Waals surface area contributed by atoms with Crippen LogP contribution >= 0.6 is 0 Å². The van der Waals surface area contributed by atoms with Gasteiger partial charge >= 0.3 is 0 Å². The molecular formula is C7H18N2O+2. The maximum absolute atomic E-state index is 9.86. The highest BCUT2D eigenvalue weighted by Gasteiger charge is 1.89. The van der Waals surface area contributed by atoms with Crippen molar-refractivity contribution in [2.75, 3.05) is 19.6 Å². The molecule has 0 aromatic heterocycles. The summed E-state index contributed by atoms with van der Waals surface area (Å²) in [5.74, 6) is 0. The molecule has 0 amide bonds. The van der Waals surface area contributed by atoms with Crippen molar-refractivity contribution < 1.29 is 15.8 Å². The Morgan fingerprint density at radius 3 is 2.70 bits per heavy atom. The van der Waals surface area contributed by atoms with Crippen molar-refractivity contribution in [3.8, 4) is 0 Å². The number of quaternary nitrogens is 2. The second kappa shape index (κ2) is 8.59. The van der Waals surface area contributed by atoms with Crippen molar-refractivity contribution >= 4 is 6.29 Å². The zero-order chi connectivity index (χ0) is 7.66. The van der Waals surface area contributed by atoms with Gasteiger partial charge in [-0.15, -0.1) is 0 Å². The molecule has 0 unspecified atom stereocenters. The first kappa shape index (κ1) is 9.59. The molecule has 0 heterocycles. The molecule has 0 bridgehead atoms. The van der Waals surface area contributed by atoms with Crippen molar-refractivity contribution in [2.45, 2.75) is 19.3 Å². The number of hydrogen-bond donors (Lipinski definition) is 2. The minimum absolute atomic E-state index is 0.685. The molecule has 60 valence electrons. The first-order valence-electron chi connectivity index (χ1n) is 3.96. The maximum atomic E-state index is 9.86. The Balaban J connectivity index is 2.70. The van der Waals surface area contributed by atoms with Crippen LogP contribution in [0.25, 0.3) is 0 Å². The van der Waals surface area contributed by atoms with E-state index in [2.05, 4.69) is 11.1 Å². The summed E-state index contributed by atoms with van der Waals surface area (Å²) >= 11 is 0. The van der Waals surface area contributed by atoms with Crippen molar-refractivity contribution in [3.05, 3.63) is 0 Å². The molecule has 0 atom stereocenters. The van der Waals surface area contributed by atoms with E-state index in [0.29, 0.717) is 6.42 Å². The molecule has 0 aliphatic carbocycles. The molecule has 0 spiro atoms. The summed E-state index contributed by atoms with van der Waals surface area (Å²) in [6, 6.07) is 0. The molecule has 0 aromatic rings. The fraction of sp³-hybridized carbons (Fsp3) is 0.857. The van der Waals surface area contributed by atoms with Crippen LogP contribution in [0.2, 0.25) is 0 Å². The van der Waals surface area contributed by atoms with Gasteiger partial charge in [-0.05, 0) is 0 Å². The molecule has 0 radical (unpaired) electrons. The minimum atomic E-state index is 0.685. The number of unbranched alkanes of at least 4 members (excludes halogenated alkanes) is 1. The van der Waals surface area contributed by atoms with Gasteiger partial charge in [0.25, 0.3) is 0 Å². The van der Waals surface area contributed by atoms with Gasteiger partial charge < -0.3 is 15.8 Å². The number of hydrogen-bond acceptors (Lipinski definition) is 1. The highest BCUT2D eigenvalue weighted by Crippen LogP contribution is 1.76. The van der Waals surface area contributed by atoms with E-state index in [1.165, 1.54) is 12.8 Å². The summed E-state index contributed by atoms with van der Waals surface area (Å²) in [6.07, 6.45) is 4.09. The van der Waals surface area contributed by atoms with E-state index in [9.17, 15) is 4.79 Å². The zero-order valence-corrected chi connectivity index (χ0v) is 6.51. The molecule has 0 fully saturated rings. The first-order chi connectivity index (χ1) is 4.91. The molecule has 0 aliphatic rings. The summed E-state index contributed by atoms with van der Waals surface area (Å²) in [7, 11) is 0. The fourth-order valence-corrected chi connectivity index (χ4v) is 0.796. The van der Waals surface area contributed by atoms with E-state index < -0.39 is 0 Å². The quantitative estimate of drug-likeness (QED) is 0.322. The normalized spacial score (nSPS) is 9.70. The first-order valence-corrected chi connectivity index (χ1v) is 3.96. The lowest BCUT2D eigenvalue weighted by molar-refractivity contribution is -0.654. The summed E-state index contributed by atoms with van der Waals surface area (Å²) in [5.41, 5.74) is 3.75. The molecule has 5 N–H and O–H groups in total. The zero-order valence-electron chi connectivity index (χ0n) is 6.51. The van der Waals surface area contributed by atoms with E-state index in [0.717, 1.165) is 25.9 Å². The Kier molecular flexibility index (Phi) is 8.24. The molecule has 0 aliphatic heterocycles. The Morgan fingerprint density at radius 2 is 2.10 bits per heavy atom. The second-order valence-electron chi connectivity index (χ2n) is 2.38. The summed E-state index contributed by atoms with van der Waals surface area (Å²) in [5, 5.41) is 2.18. The maximum Gasteiger partial charge on any atom is 0.125 e. The highest BCUT2D eigenvalue weighted by atomic mass is 16.1. The van der Waals surface area contributed by atoms with Gasteiger partial charge in [0.05, 0.1) is 26.1 Å². The summed E-state index contributed by atoms with van der Waals surface area (Å²) < 4.78 is 0. The predicted molar refractivity (Wildman–Crippen MR) is 39.3 cm³/mol. The largest absolute Gasteiger partial charge is 0.358 e. The number of carbonyl (C=O) groups excluding carboxylic acids is 1. The van der Waals surface area contributed by atoms with Gasteiger partial charge in [0, 0.05) is 12.8 Å². The van der Waals surface area contributed by atoms with Crippen LogP contribution in [0, 0.1) is 0 Å². The van der Waals surface area contributed by atoms with E-state index in [-0.39, 0.29) is 0 Å². The van der Waals surface area contributed by atoms with Crippen molar-refractivity contribution in [1.82, 2.24) is 0 Å². The third-order valence-electron chi connectivity index (χ3n) is 1.40. The summed E-state index contributed by atoms with van der Waals surface area (Å²) in [4.78, 5) is 9.86. The van der Waals surface area contributed by atoms with Crippen LogP contribution in [-0.2, 0) is 4.79 Å². The molecule has 3 heteroatoms. The Bertz CT molecular complexity index is 76.0. The molecule has 3 nitrogen and oxygen atoms in total. The smallest absolute Gasteiger partial charge is 0.125 e. The molecule has 10 heavy (non-hydrogen) atoms. The average molecular weight is 146 g/mol. The number of rotatable bonds is 7. The standard InChI is InChI=1S/C7H16N2O/c8-4-1-2-5-9-6-3-7-10/h7,9H,1-6,8H2/p+2. The second-order valence-corrected chi connectivity index (χ2v) is 2.38. The third kappa shape index (κ3) is 7.59. The van der Waals surface area contributed by atoms with Gasteiger partial charge in [-0.25, -0.2) is 0 Å². The third-order valence-corrected chi connectivity index (χ3v) is 1.40. The molecule has 0 rings (SSSR count). The van der Waals surface area contributed by atoms with Crippen LogP contribution in [0.3, 0.4) is 0 Å². The molecule has 0 aromatic carbocycles. The summed E-state index contributed by atoms with van der Waals surface area (Å²) in [6.45, 7) is 3.12. The van der Waals surface area contributed by atoms with Gasteiger partial charge in [-0.1, -0.05) is 0 Å². The number of carbonyl (C=O) groups is 1. The van der Waals surface area contributed by atoms with Crippen LogP contribution in [0.5, 0.6) is 0 Å². The molecule has 0 saturated carbocycles. The van der Waals surface area contributed by atoms with E-state index in [1.807, 2.05) is 0 Å². The lowest BCUT2D eigenvalue weighted by atomic mass is 10.3. The Morgan fingerprint density at radius 1 is 1.30 bits per heavy atom. The van der Waals surface area contributed by atoms with E-state index >= 15 is 0 Å². The van der Waals surface area contributed by atoms with Crippen LogP contribution in [0.15, 0.2) is 0 Å². The van der Waals surface area contributed by atoms with Gasteiger partial charge in [-0.2, -0.15) is 0 Å². The van der Waals surface area contributed by atoms with Crippen molar-refractivity contribution in [1.29, 1.82) is 0 Å². The number of aldehydes is 1. The molecule has 0 saturated heterocycles.